The van der Waals surface area contributed by atoms with Crippen molar-refractivity contribution >= 4 is 39.9 Å². The van der Waals surface area contributed by atoms with E-state index in [1.807, 2.05) is 56.5 Å². The van der Waals surface area contributed by atoms with Gasteiger partial charge in [0.05, 0.1) is 0 Å². The minimum Gasteiger partial charge on any atom is -0.326 e. The lowest BCUT2D eigenvalue weighted by Crippen LogP contribution is -2.14. The zero-order valence-electron chi connectivity index (χ0n) is 16.1. The summed E-state index contributed by atoms with van der Waals surface area (Å²) in [6.45, 7) is 3.95. The van der Waals surface area contributed by atoms with Gasteiger partial charge in [0.25, 0.3) is 5.78 Å². The molecule has 0 saturated carbocycles. The Balaban J connectivity index is 1.49. The minimum atomic E-state index is -0.0161. The number of aromatic nitrogens is 4. The molecule has 0 unspecified atom stereocenters. The Bertz CT molecular complexity index is 1180. The zero-order chi connectivity index (χ0) is 19.7. The number of anilines is 1. The normalized spacial score (nSPS) is 11.2. The summed E-state index contributed by atoms with van der Waals surface area (Å²) in [6, 6.07) is 14.1. The molecule has 0 fully saturated rings. The standard InChI is InChI=1S/C21H21N5OS/c1-13-18(14(2)26-20(22-13)24-21(25-26)28-3)10-11-19(27)23-17-9-8-15-6-4-5-7-16(15)12-17/h4-9,12H,10-11H2,1-3H3,(H,23,27). The van der Waals surface area contributed by atoms with Gasteiger partial charge in [0, 0.05) is 23.5 Å². The summed E-state index contributed by atoms with van der Waals surface area (Å²) in [5.41, 5.74) is 3.72. The van der Waals surface area contributed by atoms with Crippen LogP contribution in [0.4, 0.5) is 5.69 Å². The first kappa shape index (κ1) is 18.4. The number of nitrogens with zero attached hydrogens (tertiary/aromatic N) is 4. The van der Waals surface area contributed by atoms with E-state index in [0.29, 0.717) is 23.8 Å². The monoisotopic (exact) mass is 391 g/mol. The average Bonchev–Trinajstić information content (AvgIpc) is 3.11. The average molecular weight is 392 g/mol. The Kier molecular flexibility index (Phi) is 5.00. The molecule has 0 atom stereocenters. The van der Waals surface area contributed by atoms with Gasteiger partial charge in [-0.25, -0.2) is 9.50 Å². The Morgan fingerprint density at radius 3 is 2.68 bits per heavy atom. The van der Waals surface area contributed by atoms with Crippen molar-refractivity contribution in [3.63, 3.8) is 0 Å². The molecule has 6 nitrogen and oxygen atoms in total. The summed E-state index contributed by atoms with van der Waals surface area (Å²) in [6.07, 6.45) is 2.93. The van der Waals surface area contributed by atoms with Gasteiger partial charge in [-0.3, -0.25) is 4.79 Å². The maximum absolute atomic E-state index is 12.5. The number of rotatable bonds is 5. The van der Waals surface area contributed by atoms with Crippen LogP contribution >= 0.6 is 11.8 Å². The number of aryl methyl sites for hydroxylation is 2. The number of hydrogen-bond acceptors (Lipinski definition) is 5. The summed E-state index contributed by atoms with van der Waals surface area (Å²) >= 11 is 1.49. The lowest BCUT2D eigenvalue weighted by Gasteiger charge is -2.11. The Morgan fingerprint density at radius 1 is 1.11 bits per heavy atom. The fraction of sp³-hybridized carbons (Fsp3) is 0.238. The van der Waals surface area contributed by atoms with Crippen LogP contribution in [0.15, 0.2) is 47.6 Å². The third-order valence-corrected chi connectivity index (χ3v) is 5.39. The van der Waals surface area contributed by atoms with Crippen molar-refractivity contribution < 1.29 is 4.79 Å². The Labute approximate surface area is 167 Å². The van der Waals surface area contributed by atoms with E-state index in [1.165, 1.54) is 11.8 Å². The second kappa shape index (κ2) is 7.59. The van der Waals surface area contributed by atoms with Crippen LogP contribution < -0.4 is 5.32 Å². The van der Waals surface area contributed by atoms with Crippen LogP contribution in [0, 0.1) is 13.8 Å². The maximum Gasteiger partial charge on any atom is 0.253 e. The lowest BCUT2D eigenvalue weighted by molar-refractivity contribution is -0.116. The third kappa shape index (κ3) is 3.57. The first-order valence-electron chi connectivity index (χ1n) is 9.10. The van der Waals surface area contributed by atoms with Crippen molar-refractivity contribution in [3.8, 4) is 0 Å². The van der Waals surface area contributed by atoms with Gasteiger partial charge >= 0.3 is 0 Å². The molecular formula is C21H21N5OS. The minimum absolute atomic E-state index is 0.0161. The highest BCUT2D eigenvalue weighted by atomic mass is 32.2. The zero-order valence-corrected chi connectivity index (χ0v) is 16.9. The van der Waals surface area contributed by atoms with Gasteiger partial charge < -0.3 is 5.32 Å². The second-order valence-corrected chi connectivity index (χ2v) is 7.45. The number of hydrogen-bond donors (Lipinski definition) is 1. The molecule has 2 aromatic carbocycles. The topological polar surface area (TPSA) is 72.2 Å². The maximum atomic E-state index is 12.5. The molecule has 4 aromatic rings. The summed E-state index contributed by atoms with van der Waals surface area (Å²) in [4.78, 5) is 21.4. The number of benzene rings is 2. The van der Waals surface area contributed by atoms with Crippen LogP contribution in [0.5, 0.6) is 0 Å². The molecule has 2 heterocycles. The van der Waals surface area contributed by atoms with Crippen molar-refractivity contribution in [2.24, 2.45) is 0 Å². The molecule has 142 valence electrons. The predicted octanol–water partition coefficient (Wildman–Crippen LogP) is 4.19. The molecular weight excluding hydrogens is 370 g/mol. The smallest absolute Gasteiger partial charge is 0.253 e. The number of nitrogens with one attached hydrogen (secondary N) is 1. The van der Waals surface area contributed by atoms with E-state index in [2.05, 4.69) is 26.4 Å². The largest absolute Gasteiger partial charge is 0.326 e. The van der Waals surface area contributed by atoms with Crippen molar-refractivity contribution in [2.75, 3.05) is 11.6 Å². The highest BCUT2D eigenvalue weighted by Gasteiger charge is 2.14. The van der Waals surface area contributed by atoms with Crippen LogP contribution in [-0.4, -0.2) is 31.7 Å². The van der Waals surface area contributed by atoms with Crippen molar-refractivity contribution in [1.29, 1.82) is 0 Å². The van der Waals surface area contributed by atoms with Crippen LogP contribution in [0.25, 0.3) is 16.6 Å². The van der Waals surface area contributed by atoms with Gasteiger partial charge in [-0.15, -0.1) is 5.10 Å². The number of carbonyl (C=O) groups excluding carboxylic acids is 1. The molecule has 0 saturated heterocycles. The molecule has 4 rings (SSSR count). The quantitative estimate of drug-likeness (QED) is 0.517. The molecule has 0 radical (unpaired) electrons. The SMILES string of the molecule is CSc1nc2nc(C)c(CCC(=O)Nc3ccc4ccccc4c3)c(C)n2n1. The lowest BCUT2D eigenvalue weighted by atomic mass is 10.1. The molecule has 0 spiro atoms. The molecule has 0 aliphatic rings. The summed E-state index contributed by atoms with van der Waals surface area (Å²) < 4.78 is 1.76. The fourth-order valence-corrected chi connectivity index (χ4v) is 3.70. The molecule has 0 aliphatic heterocycles. The predicted molar refractivity (Wildman–Crippen MR) is 113 cm³/mol. The molecule has 7 heteroatoms. The van der Waals surface area contributed by atoms with Gasteiger partial charge in [-0.2, -0.15) is 4.98 Å². The summed E-state index contributed by atoms with van der Waals surface area (Å²) in [5, 5.41) is 10.4. The van der Waals surface area contributed by atoms with Gasteiger partial charge in [0.1, 0.15) is 0 Å². The molecule has 0 aliphatic carbocycles. The Morgan fingerprint density at radius 2 is 1.89 bits per heavy atom. The van der Waals surface area contributed by atoms with E-state index < -0.39 is 0 Å². The van der Waals surface area contributed by atoms with E-state index in [4.69, 9.17) is 0 Å². The number of amides is 1. The van der Waals surface area contributed by atoms with E-state index in [1.54, 1.807) is 4.52 Å². The van der Waals surface area contributed by atoms with Crippen molar-refractivity contribution in [2.45, 2.75) is 31.8 Å². The van der Waals surface area contributed by atoms with E-state index >= 15 is 0 Å². The second-order valence-electron chi connectivity index (χ2n) is 6.68. The first-order valence-corrected chi connectivity index (χ1v) is 10.3. The molecule has 28 heavy (non-hydrogen) atoms. The first-order chi connectivity index (χ1) is 13.5. The van der Waals surface area contributed by atoms with E-state index in [0.717, 1.165) is 33.4 Å². The van der Waals surface area contributed by atoms with Crippen LogP contribution in [0.2, 0.25) is 0 Å². The van der Waals surface area contributed by atoms with Crippen LogP contribution in [0.3, 0.4) is 0 Å². The van der Waals surface area contributed by atoms with Gasteiger partial charge in [-0.05, 0) is 55.0 Å². The van der Waals surface area contributed by atoms with Gasteiger partial charge in [0.2, 0.25) is 11.1 Å². The molecule has 1 amide bonds. The van der Waals surface area contributed by atoms with E-state index in [9.17, 15) is 4.79 Å². The van der Waals surface area contributed by atoms with Crippen molar-refractivity contribution in [1.82, 2.24) is 19.6 Å². The fourth-order valence-electron chi connectivity index (χ4n) is 3.37. The Hall–Kier alpha value is -2.93. The highest BCUT2D eigenvalue weighted by molar-refractivity contribution is 7.98. The summed E-state index contributed by atoms with van der Waals surface area (Å²) in [5.74, 6) is 0.585. The van der Waals surface area contributed by atoms with E-state index in [-0.39, 0.29) is 5.91 Å². The van der Waals surface area contributed by atoms with Crippen molar-refractivity contribution in [3.05, 3.63) is 59.4 Å². The summed E-state index contributed by atoms with van der Waals surface area (Å²) in [7, 11) is 0. The number of thioether (sulfide) groups is 1. The third-order valence-electron chi connectivity index (χ3n) is 4.85. The van der Waals surface area contributed by atoms with Crippen LogP contribution in [-0.2, 0) is 11.2 Å². The highest BCUT2D eigenvalue weighted by Crippen LogP contribution is 2.20. The number of carbonyl (C=O) groups is 1. The van der Waals surface area contributed by atoms with Crippen LogP contribution in [0.1, 0.15) is 23.4 Å². The van der Waals surface area contributed by atoms with Gasteiger partial charge in [0.15, 0.2) is 0 Å². The number of fused-ring (bicyclic) bond motifs is 2. The molecule has 1 N–H and O–H groups in total. The molecule has 2 aromatic heterocycles. The molecule has 0 bridgehead atoms. The van der Waals surface area contributed by atoms with Gasteiger partial charge in [-0.1, -0.05) is 42.1 Å².